The summed E-state index contributed by atoms with van der Waals surface area (Å²) >= 11 is 0. The van der Waals surface area contributed by atoms with Crippen LogP contribution in [0.1, 0.15) is 30.4 Å². The number of nitrogens with one attached hydrogen (secondary N) is 1. The predicted octanol–water partition coefficient (Wildman–Crippen LogP) is 3.07. The van der Waals surface area contributed by atoms with Crippen LogP contribution in [0.4, 0.5) is 5.95 Å². The third-order valence-corrected chi connectivity index (χ3v) is 3.89. The van der Waals surface area contributed by atoms with Crippen molar-refractivity contribution in [2.75, 3.05) is 18.4 Å². The third kappa shape index (κ3) is 4.26. The zero-order valence-electron chi connectivity index (χ0n) is 12.3. The molecule has 2 heterocycles. The van der Waals surface area contributed by atoms with Gasteiger partial charge >= 0.3 is 0 Å². The van der Waals surface area contributed by atoms with Crippen molar-refractivity contribution < 1.29 is 0 Å². The van der Waals surface area contributed by atoms with Crippen molar-refractivity contribution >= 4 is 5.95 Å². The molecule has 2 aromatic rings. The SMILES string of the molecule is c1cnc(NCc2ccc(CN3CCCCC3)cc2)nc1. The molecule has 1 aromatic heterocycles. The Morgan fingerprint density at radius 2 is 1.57 bits per heavy atom. The van der Waals surface area contributed by atoms with E-state index in [4.69, 9.17) is 0 Å². The normalized spacial score (nSPS) is 15.8. The number of likely N-dealkylation sites (tertiary alicyclic amines) is 1. The zero-order chi connectivity index (χ0) is 14.3. The van der Waals surface area contributed by atoms with Crippen LogP contribution in [0, 0.1) is 0 Å². The summed E-state index contributed by atoms with van der Waals surface area (Å²) in [4.78, 5) is 10.9. The van der Waals surface area contributed by atoms with Crippen LogP contribution < -0.4 is 5.32 Å². The molecule has 0 radical (unpaired) electrons. The third-order valence-electron chi connectivity index (χ3n) is 3.89. The Balaban J connectivity index is 1.51. The second-order valence-electron chi connectivity index (χ2n) is 5.58. The minimum atomic E-state index is 0.676. The lowest BCUT2D eigenvalue weighted by molar-refractivity contribution is 0.221. The van der Waals surface area contributed by atoms with Gasteiger partial charge in [-0.15, -0.1) is 0 Å². The molecule has 4 heteroatoms. The van der Waals surface area contributed by atoms with Crippen LogP contribution in [0.25, 0.3) is 0 Å². The number of benzene rings is 1. The Kier molecular flexibility index (Phi) is 4.79. The Morgan fingerprint density at radius 3 is 2.29 bits per heavy atom. The highest BCUT2D eigenvalue weighted by Gasteiger charge is 2.10. The molecule has 1 fully saturated rings. The molecule has 3 rings (SSSR count). The molecule has 1 saturated heterocycles. The van der Waals surface area contributed by atoms with Gasteiger partial charge in [0.15, 0.2) is 0 Å². The monoisotopic (exact) mass is 282 g/mol. The number of piperidine rings is 1. The molecular formula is C17H22N4. The molecule has 0 aliphatic carbocycles. The summed E-state index contributed by atoms with van der Waals surface area (Å²) in [7, 11) is 0. The van der Waals surface area contributed by atoms with Gasteiger partial charge in [0.25, 0.3) is 0 Å². The van der Waals surface area contributed by atoms with E-state index in [1.807, 2.05) is 6.07 Å². The summed E-state index contributed by atoms with van der Waals surface area (Å²) in [5.41, 5.74) is 2.65. The van der Waals surface area contributed by atoms with Gasteiger partial charge in [-0.25, -0.2) is 9.97 Å². The average Bonchev–Trinajstić information content (AvgIpc) is 2.56. The topological polar surface area (TPSA) is 41.1 Å². The van der Waals surface area contributed by atoms with E-state index in [-0.39, 0.29) is 0 Å². The molecule has 0 unspecified atom stereocenters. The Hall–Kier alpha value is -1.94. The molecule has 21 heavy (non-hydrogen) atoms. The summed E-state index contributed by atoms with van der Waals surface area (Å²) in [6, 6.07) is 10.7. The molecule has 1 aliphatic rings. The van der Waals surface area contributed by atoms with Gasteiger partial charge < -0.3 is 5.32 Å². The summed E-state index contributed by atoms with van der Waals surface area (Å²) in [6.45, 7) is 4.33. The van der Waals surface area contributed by atoms with E-state index >= 15 is 0 Å². The van der Waals surface area contributed by atoms with Crippen molar-refractivity contribution in [2.24, 2.45) is 0 Å². The van der Waals surface area contributed by atoms with Crippen molar-refractivity contribution in [3.8, 4) is 0 Å². The molecule has 110 valence electrons. The lowest BCUT2D eigenvalue weighted by Crippen LogP contribution is -2.29. The minimum Gasteiger partial charge on any atom is -0.350 e. The van der Waals surface area contributed by atoms with E-state index in [9.17, 15) is 0 Å². The first kappa shape index (κ1) is 14.0. The summed E-state index contributed by atoms with van der Waals surface area (Å²) in [6.07, 6.45) is 7.58. The molecule has 4 nitrogen and oxygen atoms in total. The molecular weight excluding hydrogens is 260 g/mol. The fourth-order valence-electron chi connectivity index (χ4n) is 2.71. The van der Waals surface area contributed by atoms with Crippen LogP contribution in [-0.4, -0.2) is 28.0 Å². The van der Waals surface area contributed by atoms with Crippen molar-refractivity contribution in [1.82, 2.24) is 14.9 Å². The highest BCUT2D eigenvalue weighted by molar-refractivity contribution is 5.28. The van der Waals surface area contributed by atoms with Crippen molar-refractivity contribution in [2.45, 2.75) is 32.4 Å². The maximum Gasteiger partial charge on any atom is 0.222 e. The average molecular weight is 282 g/mol. The maximum absolute atomic E-state index is 4.16. The number of hydrogen-bond donors (Lipinski definition) is 1. The second kappa shape index (κ2) is 7.18. The van der Waals surface area contributed by atoms with Gasteiger partial charge in [-0.2, -0.15) is 0 Å². The van der Waals surface area contributed by atoms with Crippen molar-refractivity contribution in [3.63, 3.8) is 0 Å². The second-order valence-corrected chi connectivity index (χ2v) is 5.58. The van der Waals surface area contributed by atoms with Crippen molar-refractivity contribution in [3.05, 3.63) is 53.9 Å². The molecule has 1 aromatic carbocycles. The van der Waals surface area contributed by atoms with Crippen LogP contribution in [0.15, 0.2) is 42.7 Å². The quantitative estimate of drug-likeness (QED) is 0.915. The van der Waals surface area contributed by atoms with Gasteiger partial charge in [0.1, 0.15) is 0 Å². The van der Waals surface area contributed by atoms with E-state index < -0.39 is 0 Å². The summed E-state index contributed by atoms with van der Waals surface area (Å²) in [5, 5.41) is 3.23. The van der Waals surface area contributed by atoms with Crippen LogP contribution in [0.5, 0.6) is 0 Å². The summed E-state index contributed by atoms with van der Waals surface area (Å²) in [5.74, 6) is 0.676. The van der Waals surface area contributed by atoms with Crippen LogP contribution in [0.2, 0.25) is 0 Å². The number of rotatable bonds is 5. The highest BCUT2D eigenvalue weighted by Crippen LogP contribution is 2.14. The van der Waals surface area contributed by atoms with E-state index in [2.05, 4.69) is 44.5 Å². The fraction of sp³-hybridized carbons (Fsp3) is 0.412. The lowest BCUT2D eigenvalue weighted by Gasteiger charge is -2.26. The molecule has 0 amide bonds. The smallest absolute Gasteiger partial charge is 0.222 e. The zero-order valence-corrected chi connectivity index (χ0v) is 12.3. The van der Waals surface area contributed by atoms with Gasteiger partial charge in [-0.1, -0.05) is 30.7 Å². The van der Waals surface area contributed by atoms with Crippen molar-refractivity contribution in [1.29, 1.82) is 0 Å². The molecule has 1 N–H and O–H groups in total. The minimum absolute atomic E-state index is 0.676. The lowest BCUT2D eigenvalue weighted by atomic mass is 10.1. The number of aromatic nitrogens is 2. The first-order valence-corrected chi connectivity index (χ1v) is 7.71. The first-order valence-electron chi connectivity index (χ1n) is 7.71. The summed E-state index contributed by atoms with van der Waals surface area (Å²) < 4.78 is 0. The van der Waals surface area contributed by atoms with Gasteiger partial charge in [0, 0.05) is 25.5 Å². The fourth-order valence-corrected chi connectivity index (χ4v) is 2.71. The Bertz CT molecular complexity index is 532. The Labute approximate surface area is 126 Å². The largest absolute Gasteiger partial charge is 0.350 e. The first-order chi connectivity index (χ1) is 10.4. The van der Waals surface area contributed by atoms with Crippen LogP contribution >= 0.6 is 0 Å². The number of nitrogens with zero attached hydrogens (tertiary/aromatic N) is 3. The molecule has 0 spiro atoms. The van der Waals surface area contributed by atoms with Gasteiger partial charge in [0.05, 0.1) is 0 Å². The van der Waals surface area contributed by atoms with E-state index in [0.29, 0.717) is 5.95 Å². The number of hydrogen-bond acceptors (Lipinski definition) is 4. The van der Waals surface area contributed by atoms with Gasteiger partial charge in [-0.05, 0) is 43.1 Å². The van der Waals surface area contributed by atoms with E-state index in [1.165, 1.54) is 43.5 Å². The number of anilines is 1. The molecule has 1 aliphatic heterocycles. The van der Waals surface area contributed by atoms with E-state index in [1.54, 1.807) is 12.4 Å². The van der Waals surface area contributed by atoms with Crippen LogP contribution in [0.3, 0.4) is 0 Å². The predicted molar refractivity (Wildman–Crippen MR) is 84.9 cm³/mol. The van der Waals surface area contributed by atoms with Gasteiger partial charge in [0.2, 0.25) is 5.95 Å². The maximum atomic E-state index is 4.16. The molecule has 0 atom stereocenters. The molecule has 0 bridgehead atoms. The van der Waals surface area contributed by atoms with Gasteiger partial charge in [-0.3, -0.25) is 4.90 Å². The van der Waals surface area contributed by atoms with E-state index in [0.717, 1.165) is 13.1 Å². The highest BCUT2D eigenvalue weighted by atomic mass is 15.1. The van der Waals surface area contributed by atoms with Crippen LogP contribution in [-0.2, 0) is 13.1 Å². The Morgan fingerprint density at radius 1 is 0.905 bits per heavy atom. The standard InChI is InChI=1S/C17H22N4/c1-2-11-21(12-3-1)14-16-7-5-15(6-8-16)13-20-17-18-9-4-10-19-17/h4-10H,1-3,11-14H2,(H,18,19,20). The molecule has 0 saturated carbocycles.